The molecule has 1 saturated heterocycles. The van der Waals surface area contributed by atoms with Crippen molar-refractivity contribution in [1.29, 1.82) is 0 Å². The van der Waals surface area contributed by atoms with Gasteiger partial charge in [-0.15, -0.1) is 0 Å². The van der Waals surface area contributed by atoms with Crippen LogP contribution < -0.4 is 16.0 Å². The zero-order valence-electron chi connectivity index (χ0n) is 28.5. The third-order valence-electron chi connectivity index (χ3n) is 8.82. The Morgan fingerprint density at radius 2 is 1.85 bits per heavy atom. The van der Waals surface area contributed by atoms with Gasteiger partial charge in [-0.3, -0.25) is 9.59 Å². The molecule has 0 bridgehead atoms. The average Bonchev–Trinajstić information content (AvgIpc) is 3.36. The van der Waals surface area contributed by atoms with Crippen molar-refractivity contribution >= 4 is 34.6 Å². The lowest BCUT2D eigenvalue weighted by atomic mass is 9.84. The Morgan fingerprint density at radius 1 is 1.10 bits per heavy atom. The van der Waals surface area contributed by atoms with Gasteiger partial charge in [-0.25, -0.2) is 14.8 Å². The predicted molar refractivity (Wildman–Crippen MR) is 174 cm³/mol. The number of alkyl halides is 3. The van der Waals surface area contributed by atoms with Crippen molar-refractivity contribution in [1.82, 2.24) is 30.4 Å². The first-order valence-corrected chi connectivity index (χ1v) is 16.5. The van der Waals surface area contributed by atoms with E-state index in [9.17, 15) is 27.6 Å². The number of anilines is 1. The molecule has 0 radical (unpaired) electrons. The van der Waals surface area contributed by atoms with E-state index < -0.39 is 29.5 Å². The number of likely N-dealkylation sites (tertiary alicyclic amines) is 1. The second-order valence-corrected chi connectivity index (χ2v) is 13.7. The normalized spacial score (nSPS) is 22.0. The average molecular weight is 680 g/mol. The van der Waals surface area contributed by atoms with E-state index in [0.717, 1.165) is 18.6 Å². The Bertz CT molecular complexity index is 1430. The van der Waals surface area contributed by atoms with Gasteiger partial charge in [-0.05, 0) is 85.5 Å². The minimum absolute atomic E-state index is 0.110. The van der Waals surface area contributed by atoms with Gasteiger partial charge < -0.3 is 35.2 Å². The lowest BCUT2D eigenvalue weighted by molar-refractivity contribution is -0.137. The standard InChI is InChI=1S/C33H48F3N7O5/c1-20(2)42(6)22-8-10-27(26(18-22)40-28(44)12-15-47-16-13-37-31(46)48-32(3,4)5)43-14-11-25(30(43)45)41-29-23-17-21(33(34,35)36)7-9-24(23)38-19-39-29/h7,9,17,19-20,22,25-27H,8,10-16,18H2,1-6H3,(H,37,46)(H,40,44)(H,38,39,41)/t22-,25+,26-,27+/m1/s1. The summed E-state index contributed by atoms with van der Waals surface area (Å²) in [6.45, 7) is 10.6. The number of rotatable bonds is 12. The van der Waals surface area contributed by atoms with E-state index in [1.165, 1.54) is 12.4 Å². The van der Waals surface area contributed by atoms with E-state index in [4.69, 9.17) is 9.47 Å². The van der Waals surface area contributed by atoms with Crippen LogP contribution in [0.25, 0.3) is 10.9 Å². The molecule has 48 heavy (non-hydrogen) atoms. The van der Waals surface area contributed by atoms with Gasteiger partial charge in [-0.2, -0.15) is 13.2 Å². The highest BCUT2D eigenvalue weighted by atomic mass is 19.4. The number of nitrogens with zero attached hydrogens (tertiary/aromatic N) is 4. The van der Waals surface area contributed by atoms with Crippen molar-refractivity contribution in [3.8, 4) is 0 Å². The zero-order chi connectivity index (χ0) is 35.2. The van der Waals surface area contributed by atoms with Crippen molar-refractivity contribution in [2.75, 3.05) is 38.7 Å². The van der Waals surface area contributed by atoms with Crippen molar-refractivity contribution in [2.45, 2.75) is 109 Å². The molecule has 12 nitrogen and oxygen atoms in total. The third-order valence-corrected chi connectivity index (χ3v) is 8.82. The number of hydrogen-bond acceptors (Lipinski definition) is 9. The summed E-state index contributed by atoms with van der Waals surface area (Å²) in [5.74, 6) is -0.221. The SMILES string of the molecule is CC(C)N(C)[C@@H]1CC[C@H](N2CC[C@H](Nc3ncnc4ccc(C(F)(F)F)cc34)C2=O)[C@H](NC(=O)CCOCCNC(=O)OC(C)(C)C)C1. The van der Waals surface area contributed by atoms with Gasteiger partial charge in [0.05, 0.1) is 36.4 Å². The quantitative estimate of drug-likeness (QED) is 0.280. The second kappa shape index (κ2) is 15.7. The molecule has 1 aromatic heterocycles. The van der Waals surface area contributed by atoms with Gasteiger partial charge in [0.15, 0.2) is 0 Å². The summed E-state index contributed by atoms with van der Waals surface area (Å²) in [6.07, 6.45) is -1.09. The van der Waals surface area contributed by atoms with Gasteiger partial charge in [-0.1, -0.05) is 0 Å². The van der Waals surface area contributed by atoms with Crippen LogP contribution in [0.1, 0.15) is 72.3 Å². The highest BCUT2D eigenvalue weighted by molar-refractivity contribution is 5.93. The molecule has 1 aliphatic heterocycles. The highest BCUT2D eigenvalue weighted by Crippen LogP contribution is 2.34. The largest absolute Gasteiger partial charge is 0.444 e. The van der Waals surface area contributed by atoms with Gasteiger partial charge in [0, 0.05) is 37.0 Å². The zero-order valence-corrected chi connectivity index (χ0v) is 28.5. The Hall–Kier alpha value is -3.72. The van der Waals surface area contributed by atoms with Crippen LogP contribution in [0.4, 0.5) is 23.8 Å². The first kappa shape index (κ1) is 37.1. The number of halogens is 3. The molecule has 2 aliphatic rings. The van der Waals surface area contributed by atoms with Crippen LogP contribution in [0.3, 0.4) is 0 Å². The Morgan fingerprint density at radius 3 is 2.54 bits per heavy atom. The number of ether oxygens (including phenoxy) is 2. The van der Waals surface area contributed by atoms with Crippen molar-refractivity contribution in [3.05, 3.63) is 30.1 Å². The molecule has 2 aromatic rings. The van der Waals surface area contributed by atoms with Gasteiger partial charge in [0.25, 0.3) is 0 Å². The molecule has 1 aliphatic carbocycles. The molecule has 4 rings (SSSR count). The summed E-state index contributed by atoms with van der Waals surface area (Å²) in [7, 11) is 2.06. The maximum Gasteiger partial charge on any atom is 0.416 e. The molecule has 3 amide bonds. The van der Waals surface area contributed by atoms with Crippen LogP contribution >= 0.6 is 0 Å². The number of fused-ring (bicyclic) bond motifs is 1. The molecule has 0 spiro atoms. The molecule has 266 valence electrons. The van der Waals surface area contributed by atoms with Gasteiger partial charge >= 0.3 is 12.3 Å². The molecular formula is C33H48F3N7O5. The van der Waals surface area contributed by atoms with E-state index in [0.29, 0.717) is 37.4 Å². The number of carbonyl (C=O) groups excluding carboxylic acids is 3. The summed E-state index contributed by atoms with van der Waals surface area (Å²) in [5, 5.41) is 9.04. The molecule has 1 saturated carbocycles. The summed E-state index contributed by atoms with van der Waals surface area (Å²) in [6, 6.07) is 2.53. The maximum absolute atomic E-state index is 13.8. The number of nitrogens with one attached hydrogen (secondary N) is 3. The van der Waals surface area contributed by atoms with Crippen LogP contribution in [-0.4, -0.2) is 107 Å². The lowest BCUT2D eigenvalue weighted by Gasteiger charge is -2.44. The number of aromatic nitrogens is 2. The van der Waals surface area contributed by atoms with E-state index in [-0.39, 0.29) is 67.3 Å². The van der Waals surface area contributed by atoms with Gasteiger partial charge in [0.1, 0.15) is 23.8 Å². The topological polar surface area (TPSA) is 138 Å². The van der Waals surface area contributed by atoms with Crippen LogP contribution in [0, 0.1) is 0 Å². The van der Waals surface area contributed by atoms with Crippen molar-refractivity contribution < 1.29 is 37.0 Å². The fraction of sp³-hybridized carbons (Fsp3) is 0.667. The van der Waals surface area contributed by atoms with E-state index >= 15 is 0 Å². The van der Waals surface area contributed by atoms with E-state index in [1.54, 1.807) is 25.7 Å². The Labute approximate surface area is 279 Å². The molecule has 1 aromatic carbocycles. The maximum atomic E-state index is 13.8. The first-order valence-electron chi connectivity index (χ1n) is 16.5. The van der Waals surface area contributed by atoms with Crippen LogP contribution in [0.5, 0.6) is 0 Å². The number of carbonyl (C=O) groups is 3. The molecule has 2 fully saturated rings. The monoisotopic (exact) mass is 679 g/mol. The van der Waals surface area contributed by atoms with E-state index in [2.05, 4.69) is 51.7 Å². The first-order chi connectivity index (χ1) is 22.5. The Kier molecular flexibility index (Phi) is 12.1. The molecule has 3 N–H and O–H groups in total. The number of amides is 3. The summed E-state index contributed by atoms with van der Waals surface area (Å²) >= 11 is 0. The molecule has 2 heterocycles. The third kappa shape index (κ3) is 9.91. The molecule has 15 heteroatoms. The summed E-state index contributed by atoms with van der Waals surface area (Å²) in [4.78, 5) is 51.0. The minimum atomic E-state index is -4.53. The molecule has 4 atom stereocenters. The van der Waals surface area contributed by atoms with Crippen molar-refractivity contribution in [2.24, 2.45) is 0 Å². The fourth-order valence-corrected chi connectivity index (χ4v) is 6.22. The predicted octanol–water partition coefficient (Wildman–Crippen LogP) is 4.34. The van der Waals surface area contributed by atoms with Crippen LogP contribution in [0.15, 0.2) is 24.5 Å². The number of alkyl carbamates (subject to hydrolysis) is 1. The Balaban J connectivity index is 1.38. The highest BCUT2D eigenvalue weighted by Gasteiger charge is 2.43. The second-order valence-electron chi connectivity index (χ2n) is 13.7. The van der Waals surface area contributed by atoms with Crippen LogP contribution in [-0.2, 0) is 25.2 Å². The minimum Gasteiger partial charge on any atom is -0.444 e. The smallest absolute Gasteiger partial charge is 0.416 e. The summed E-state index contributed by atoms with van der Waals surface area (Å²) < 4.78 is 51.0. The van der Waals surface area contributed by atoms with E-state index in [1.807, 2.05) is 0 Å². The molecule has 0 unspecified atom stereocenters. The number of hydrogen-bond donors (Lipinski definition) is 3. The van der Waals surface area contributed by atoms with Crippen LogP contribution in [0.2, 0.25) is 0 Å². The number of benzene rings is 1. The lowest BCUT2D eigenvalue weighted by Crippen LogP contribution is -2.58. The summed E-state index contributed by atoms with van der Waals surface area (Å²) in [5.41, 5.74) is -1.09. The van der Waals surface area contributed by atoms with Crippen molar-refractivity contribution in [3.63, 3.8) is 0 Å². The van der Waals surface area contributed by atoms with Gasteiger partial charge in [0.2, 0.25) is 11.8 Å². The fourth-order valence-electron chi connectivity index (χ4n) is 6.22. The molecular weight excluding hydrogens is 631 g/mol.